The molecular formula is C13H16BrF2NO. The molecule has 1 saturated heterocycles. The topological polar surface area (TPSA) is 12.5 Å². The van der Waals surface area contributed by atoms with Gasteiger partial charge in [-0.1, -0.05) is 0 Å². The van der Waals surface area contributed by atoms with Gasteiger partial charge in [-0.15, -0.1) is 0 Å². The minimum Gasteiger partial charge on any atom is -0.496 e. The van der Waals surface area contributed by atoms with Gasteiger partial charge in [-0.05, 0) is 40.9 Å². The van der Waals surface area contributed by atoms with Crippen LogP contribution in [0.3, 0.4) is 0 Å². The summed E-state index contributed by atoms with van der Waals surface area (Å²) in [6.45, 7) is 1.98. The zero-order chi connectivity index (χ0) is 13.1. The van der Waals surface area contributed by atoms with Gasteiger partial charge in [-0.2, -0.15) is 0 Å². The summed E-state index contributed by atoms with van der Waals surface area (Å²) in [5.74, 6) is 0.358. The van der Waals surface area contributed by atoms with Gasteiger partial charge in [0.1, 0.15) is 17.7 Å². The second-order valence-electron chi connectivity index (χ2n) is 4.49. The van der Waals surface area contributed by atoms with Crippen LogP contribution in [0.5, 0.6) is 5.75 Å². The molecule has 0 aliphatic carbocycles. The summed E-state index contributed by atoms with van der Waals surface area (Å²) >= 11 is 3.25. The molecule has 1 aromatic carbocycles. The lowest BCUT2D eigenvalue weighted by molar-refractivity contribution is 0.144. The number of hydrogen-bond donors (Lipinski definition) is 0. The van der Waals surface area contributed by atoms with Crippen LogP contribution in [-0.4, -0.2) is 31.3 Å². The maximum absolute atomic E-state index is 13.5. The average Bonchev–Trinajstić information content (AvgIpc) is 2.38. The predicted octanol–water partition coefficient (Wildman–Crippen LogP) is 3.53. The third-order valence-electron chi connectivity index (χ3n) is 3.27. The summed E-state index contributed by atoms with van der Waals surface area (Å²) in [7, 11) is 1.57. The van der Waals surface area contributed by atoms with Crippen molar-refractivity contribution < 1.29 is 13.5 Å². The molecule has 0 spiro atoms. The fourth-order valence-electron chi connectivity index (χ4n) is 2.20. The van der Waals surface area contributed by atoms with E-state index in [1.807, 2.05) is 0 Å². The molecule has 0 N–H and O–H groups in total. The van der Waals surface area contributed by atoms with E-state index in [2.05, 4.69) is 20.8 Å². The molecule has 0 radical (unpaired) electrons. The molecule has 1 fully saturated rings. The second kappa shape index (κ2) is 5.97. The Hall–Kier alpha value is -0.680. The van der Waals surface area contributed by atoms with E-state index in [0.29, 0.717) is 42.7 Å². The van der Waals surface area contributed by atoms with Crippen molar-refractivity contribution in [3.8, 4) is 5.75 Å². The molecule has 18 heavy (non-hydrogen) atoms. The first-order chi connectivity index (χ1) is 8.61. The summed E-state index contributed by atoms with van der Waals surface area (Å²) in [4.78, 5) is 2.12. The average molecular weight is 320 g/mol. The number of alkyl halides is 1. The minimum atomic E-state index is -0.695. The molecule has 1 heterocycles. The smallest absolute Gasteiger partial charge is 0.137 e. The van der Waals surface area contributed by atoms with Crippen molar-refractivity contribution >= 4 is 15.9 Å². The summed E-state index contributed by atoms with van der Waals surface area (Å²) < 4.78 is 32.3. The number of rotatable bonds is 3. The van der Waals surface area contributed by atoms with Gasteiger partial charge < -0.3 is 4.74 Å². The molecule has 1 aromatic rings. The van der Waals surface area contributed by atoms with Crippen LogP contribution < -0.4 is 4.74 Å². The fraction of sp³-hybridized carbons (Fsp3) is 0.538. The van der Waals surface area contributed by atoms with Crippen molar-refractivity contribution in [2.45, 2.75) is 25.6 Å². The maximum Gasteiger partial charge on any atom is 0.137 e. The maximum atomic E-state index is 13.5. The molecule has 0 atom stereocenters. The van der Waals surface area contributed by atoms with Gasteiger partial charge in [0.15, 0.2) is 0 Å². The van der Waals surface area contributed by atoms with Crippen molar-refractivity contribution in [2.24, 2.45) is 0 Å². The lowest BCUT2D eigenvalue weighted by Gasteiger charge is -2.29. The van der Waals surface area contributed by atoms with E-state index in [-0.39, 0.29) is 5.82 Å². The number of benzene rings is 1. The van der Waals surface area contributed by atoms with E-state index in [4.69, 9.17) is 4.74 Å². The van der Waals surface area contributed by atoms with Gasteiger partial charge in [0.25, 0.3) is 0 Å². The Balaban J connectivity index is 2.15. The van der Waals surface area contributed by atoms with Crippen LogP contribution in [0.4, 0.5) is 8.78 Å². The third-order valence-corrected chi connectivity index (χ3v) is 4.13. The zero-order valence-corrected chi connectivity index (χ0v) is 11.8. The Labute approximate surface area is 114 Å². The van der Waals surface area contributed by atoms with Crippen LogP contribution in [-0.2, 0) is 6.54 Å². The highest BCUT2D eigenvalue weighted by Crippen LogP contribution is 2.31. The Morgan fingerprint density at radius 3 is 2.67 bits per heavy atom. The lowest BCUT2D eigenvalue weighted by atomic mass is 10.1. The Morgan fingerprint density at radius 1 is 1.39 bits per heavy atom. The van der Waals surface area contributed by atoms with Crippen molar-refractivity contribution in [3.05, 3.63) is 28.0 Å². The first-order valence-corrected chi connectivity index (χ1v) is 6.78. The van der Waals surface area contributed by atoms with E-state index in [1.54, 1.807) is 13.2 Å². The van der Waals surface area contributed by atoms with Crippen LogP contribution in [0.25, 0.3) is 0 Å². The normalized spacial score (nSPS) is 18.0. The molecular weight excluding hydrogens is 304 g/mol. The number of piperidine rings is 1. The van der Waals surface area contributed by atoms with Gasteiger partial charge in [0.05, 0.1) is 11.6 Å². The number of methoxy groups -OCH3 is 1. The highest BCUT2D eigenvalue weighted by Gasteiger charge is 2.21. The van der Waals surface area contributed by atoms with Gasteiger partial charge in [-0.3, -0.25) is 4.90 Å². The van der Waals surface area contributed by atoms with E-state index >= 15 is 0 Å². The molecule has 100 valence electrons. The molecule has 1 aliphatic rings. The van der Waals surface area contributed by atoms with E-state index < -0.39 is 6.17 Å². The highest BCUT2D eigenvalue weighted by atomic mass is 79.9. The SMILES string of the molecule is COc1ccc(F)c(Br)c1CN1CCC(F)CC1. The van der Waals surface area contributed by atoms with Gasteiger partial charge >= 0.3 is 0 Å². The molecule has 0 saturated carbocycles. The monoisotopic (exact) mass is 319 g/mol. The number of halogens is 3. The number of likely N-dealkylation sites (tertiary alicyclic amines) is 1. The minimum absolute atomic E-state index is 0.300. The lowest BCUT2D eigenvalue weighted by Crippen LogP contribution is -2.34. The second-order valence-corrected chi connectivity index (χ2v) is 5.29. The van der Waals surface area contributed by atoms with Crippen LogP contribution >= 0.6 is 15.9 Å². The molecule has 2 rings (SSSR count). The molecule has 5 heteroatoms. The molecule has 1 aliphatic heterocycles. The highest BCUT2D eigenvalue weighted by molar-refractivity contribution is 9.10. The molecule has 0 bridgehead atoms. The zero-order valence-electron chi connectivity index (χ0n) is 10.3. The van der Waals surface area contributed by atoms with Crippen molar-refractivity contribution in [2.75, 3.05) is 20.2 Å². The van der Waals surface area contributed by atoms with Gasteiger partial charge in [-0.25, -0.2) is 8.78 Å². The van der Waals surface area contributed by atoms with E-state index in [9.17, 15) is 8.78 Å². The van der Waals surface area contributed by atoms with Crippen molar-refractivity contribution in [3.63, 3.8) is 0 Å². The largest absolute Gasteiger partial charge is 0.496 e. The molecule has 0 unspecified atom stereocenters. The molecule has 0 amide bonds. The van der Waals surface area contributed by atoms with Gasteiger partial charge in [0, 0.05) is 25.2 Å². The number of ether oxygens (including phenoxy) is 1. The fourth-order valence-corrected chi connectivity index (χ4v) is 2.65. The van der Waals surface area contributed by atoms with Crippen molar-refractivity contribution in [1.29, 1.82) is 0 Å². The van der Waals surface area contributed by atoms with Crippen LogP contribution in [0, 0.1) is 5.82 Å². The predicted molar refractivity (Wildman–Crippen MR) is 70.1 cm³/mol. The summed E-state index contributed by atoms with van der Waals surface area (Å²) in [6.07, 6.45) is 0.406. The van der Waals surface area contributed by atoms with E-state index in [1.165, 1.54) is 6.07 Å². The van der Waals surface area contributed by atoms with Gasteiger partial charge in [0.2, 0.25) is 0 Å². The van der Waals surface area contributed by atoms with Crippen LogP contribution in [0.15, 0.2) is 16.6 Å². The van der Waals surface area contributed by atoms with E-state index in [0.717, 1.165) is 5.56 Å². The Kier molecular flexibility index (Phi) is 4.56. The summed E-state index contributed by atoms with van der Waals surface area (Å²) in [5.41, 5.74) is 0.787. The first-order valence-electron chi connectivity index (χ1n) is 5.99. The molecule has 2 nitrogen and oxygen atoms in total. The number of nitrogens with zero attached hydrogens (tertiary/aromatic N) is 1. The van der Waals surface area contributed by atoms with Crippen LogP contribution in [0.1, 0.15) is 18.4 Å². The Bertz CT molecular complexity index is 420. The summed E-state index contributed by atoms with van der Waals surface area (Å²) in [5, 5.41) is 0. The standard InChI is InChI=1S/C13H16BrF2NO/c1-18-12-3-2-11(16)13(14)10(12)8-17-6-4-9(15)5-7-17/h2-3,9H,4-8H2,1H3. The number of hydrogen-bond acceptors (Lipinski definition) is 2. The molecule has 0 aromatic heterocycles. The first kappa shape index (κ1) is 13.7. The quantitative estimate of drug-likeness (QED) is 0.845. The Morgan fingerprint density at radius 2 is 2.06 bits per heavy atom. The summed E-state index contributed by atoms with van der Waals surface area (Å²) in [6, 6.07) is 3.00. The van der Waals surface area contributed by atoms with Crippen LogP contribution in [0.2, 0.25) is 0 Å². The third kappa shape index (κ3) is 3.01. The van der Waals surface area contributed by atoms with Crippen molar-refractivity contribution in [1.82, 2.24) is 4.90 Å².